The molecule has 0 aliphatic rings. The molecule has 0 spiro atoms. The molecule has 1 rings (SSSR count). The lowest BCUT2D eigenvalue weighted by Gasteiger charge is -2.02. The Bertz CT molecular complexity index is 424. The normalized spacial score (nSPS) is 9.50. The summed E-state index contributed by atoms with van der Waals surface area (Å²) in [5, 5.41) is 19.8. The molecule has 0 saturated carbocycles. The van der Waals surface area contributed by atoms with Gasteiger partial charge in [0.25, 0.3) is 5.69 Å². The van der Waals surface area contributed by atoms with Crippen LogP contribution in [0.15, 0.2) is 12.1 Å². The summed E-state index contributed by atoms with van der Waals surface area (Å²) in [6.07, 6.45) is 0. The molecule has 1 aromatic rings. The monoisotopic (exact) mass is 254 g/mol. The number of alkyl halides is 1. The zero-order valence-electron chi connectivity index (χ0n) is 7.45. The van der Waals surface area contributed by atoms with Crippen molar-refractivity contribution in [2.24, 2.45) is 0 Å². The highest BCUT2D eigenvalue weighted by Crippen LogP contribution is 2.26. The Morgan fingerprint density at radius 2 is 2.29 bits per heavy atom. The molecule has 72 valence electrons. The number of halogens is 1. The van der Waals surface area contributed by atoms with Gasteiger partial charge in [-0.3, -0.25) is 10.1 Å². The molecule has 14 heavy (non-hydrogen) atoms. The molecule has 0 amide bonds. The minimum atomic E-state index is -0.424. The first-order valence-corrected chi connectivity index (χ1v) is 4.96. The van der Waals surface area contributed by atoms with Gasteiger partial charge in [0, 0.05) is 16.5 Å². The molecule has 0 aliphatic heterocycles. The second-order valence-electron chi connectivity index (χ2n) is 2.80. The summed E-state index contributed by atoms with van der Waals surface area (Å²) in [5.41, 5.74) is 1.58. The summed E-state index contributed by atoms with van der Waals surface area (Å²) in [6.45, 7) is 1.63. The van der Waals surface area contributed by atoms with Gasteiger partial charge in [0.15, 0.2) is 0 Å². The first-order chi connectivity index (χ1) is 6.60. The third kappa shape index (κ3) is 1.91. The highest BCUT2D eigenvalue weighted by molar-refractivity contribution is 9.08. The highest BCUT2D eigenvalue weighted by Gasteiger charge is 2.17. The van der Waals surface area contributed by atoms with Gasteiger partial charge >= 0.3 is 0 Å². The van der Waals surface area contributed by atoms with Gasteiger partial charge in [0.05, 0.1) is 16.6 Å². The van der Waals surface area contributed by atoms with Crippen molar-refractivity contribution in [1.29, 1.82) is 5.26 Å². The van der Waals surface area contributed by atoms with E-state index in [9.17, 15) is 10.1 Å². The molecule has 0 heterocycles. The highest BCUT2D eigenvalue weighted by atomic mass is 79.9. The topological polar surface area (TPSA) is 66.9 Å². The fourth-order valence-corrected chi connectivity index (χ4v) is 1.71. The Balaban J connectivity index is 3.44. The van der Waals surface area contributed by atoms with Crippen molar-refractivity contribution in [2.75, 3.05) is 0 Å². The SMILES string of the molecule is Cc1cc(C#N)cc(CBr)c1[N+](=O)[O-]. The van der Waals surface area contributed by atoms with Crippen LogP contribution in [0.5, 0.6) is 0 Å². The van der Waals surface area contributed by atoms with E-state index in [1.165, 1.54) is 12.1 Å². The zero-order valence-corrected chi connectivity index (χ0v) is 9.04. The Morgan fingerprint density at radius 3 is 2.71 bits per heavy atom. The lowest BCUT2D eigenvalue weighted by Crippen LogP contribution is -1.97. The largest absolute Gasteiger partial charge is 0.276 e. The van der Waals surface area contributed by atoms with Crippen LogP contribution in [-0.2, 0) is 5.33 Å². The molecule has 0 radical (unpaired) electrons. The van der Waals surface area contributed by atoms with E-state index in [-0.39, 0.29) is 5.69 Å². The molecule has 1 aromatic carbocycles. The van der Waals surface area contributed by atoms with E-state index in [0.717, 1.165) is 0 Å². The Labute approximate surface area is 89.4 Å². The molecule has 0 bridgehead atoms. The lowest BCUT2D eigenvalue weighted by atomic mass is 10.1. The number of hydrogen-bond donors (Lipinski definition) is 0. The standard InChI is InChI=1S/C9H7BrN2O2/c1-6-2-7(5-11)3-8(4-10)9(6)12(13)14/h2-3H,4H2,1H3. The molecule has 0 N–H and O–H groups in total. The van der Waals surface area contributed by atoms with E-state index in [4.69, 9.17) is 5.26 Å². The maximum atomic E-state index is 10.7. The van der Waals surface area contributed by atoms with Crippen LogP contribution in [0.2, 0.25) is 0 Å². The number of nitro benzene ring substituents is 1. The number of nitro groups is 1. The van der Waals surface area contributed by atoms with Crippen LogP contribution in [0.25, 0.3) is 0 Å². The second-order valence-corrected chi connectivity index (χ2v) is 3.36. The van der Waals surface area contributed by atoms with Crippen LogP contribution in [0.1, 0.15) is 16.7 Å². The van der Waals surface area contributed by atoms with Gasteiger partial charge in [-0.05, 0) is 19.1 Å². The maximum Gasteiger partial charge on any atom is 0.276 e. The predicted molar refractivity (Wildman–Crippen MR) is 55.2 cm³/mol. The Hall–Kier alpha value is -1.41. The maximum absolute atomic E-state index is 10.7. The molecule has 0 unspecified atom stereocenters. The van der Waals surface area contributed by atoms with Crippen LogP contribution >= 0.6 is 15.9 Å². The molecule has 0 saturated heterocycles. The number of benzene rings is 1. The van der Waals surface area contributed by atoms with E-state index in [2.05, 4.69) is 15.9 Å². The fourth-order valence-electron chi connectivity index (χ4n) is 1.28. The summed E-state index contributed by atoms with van der Waals surface area (Å²) in [7, 11) is 0. The van der Waals surface area contributed by atoms with Crippen molar-refractivity contribution >= 4 is 21.6 Å². The number of nitriles is 1. The van der Waals surface area contributed by atoms with Gasteiger partial charge in [-0.25, -0.2) is 0 Å². The number of hydrogen-bond acceptors (Lipinski definition) is 3. The van der Waals surface area contributed by atoms with Crippen molar-refractivity contribution < 1.29 is 4.92 Å². The molecule has 0 aromatic heterocycles. The van der Waals surface area contributed by atoms with Crippen LogP contribution in [0.4, 0.5) is 5.69 Å². The van der Waals surface area contributed by atoms with Gasteiger partial charge in [-0.2, -0.15) is 5.26 Å². The van der Waals surface area contributed by atoms with Crippen molar-refractivity contribution in [3.05, 3.63) is 38.9 Å². The smallest absolute Gasteiger partial charge is 0.258 e. The molecule has 0 fully saturated rings. The summed E-state index contributed by atoms with van der Waals surface area (Å²) < 4.78 is 0. The van der Waals surface area contributed by atoms with E-state index in [0.29, 0.717) is 22.0 Å². The van der Waals surface area contributed by atoms with Crippen molar-refractivity contribution in [2.45, 2.75) is 12.3 Å². The minimum absolute atomic E-state index is 0.0841. The van der Waals surface area contributed by atoms with Gasteiger partial charge in [-0.15, -0.1) is 0 Å². The second kappa shape index (κ2) is 4.20. The van der Waals surface area contributed by atoms with Crippen molar-refractivity contribution in [3.8, 4) is 6.07 Å². The van der Waals surface area contributed by atoms with Crippen LogP contribution < -0.4 is 0 Å². The van der Waals surface area contributed by atoms with Gasteiger partial charge < -0.3 is 0 Å². The molecule has 5 heteroatoms. The molecule has 0 atom stereocenters. The first kappa shape index (κ1) is 10.7. The molecule has 4 nitrogen and oxygen atoms in total. The summed E-state index contributed by atoms with van der Waals surface area (Å²) in [4.78, 5) is 10.3. The van der Waals surface area contributed by atoms with E-state index in [1.807, 2.05) is 6.07 Å². The summed E-state index contributed by atoms with van der Waals surface area (Å²) >= 11 is 3.16. The average Bonchev–Trinajstić information content (AvgIpc) is 2.15. The Morgan fingerprint density at radius 1 is 1.64 bits per heavy atom. The van der Waals surface area contributed by atoms with E-state index in [1.54, 1.807) is 6.92 Å². The quantitative estimate of drug-likeness (QED) is 0.463. The predicted octanol–water partition coefficient (Wildman–Crippen LogP) is 2.67. The van der Waals surface area contributed by atoms with Crippen LogP contribution in [0.3, 0.4) is 0 Å². The molecular formula is C9H7BrN2O2. The number of aryl methyl sites for hydroxylation is 1. The van der Waals surface area contributed by atoms with Gasteiger partial charge in [0.2, 0.25) is 0 Å². The molecular weight excluding hydrogens is 248 g/mol. The summed E-state index contributed by atoms with van der Waals surface area (Å²) in [5.74, 6) is 0. The van der Waals surface area contributed by atoms with E-state index >= 15 is 0 Å². The Kier molecular flexibility index (Phi) is 3.20. The van der Waals surface area contributed by atoms with E-state index < -0.39 is 4.92 Å². The van der Waals surface area contributed by atoms with Crippen LogP contribution in [0, 0.1) is 28.4 Å². The third-order valence-corrected chi connectivity index (χ3v) is 2.44. The first-order valence-electron chi connectivity index (χ1n) is 3.84. The fraction of sp³-hybridized carbons (Fsp3) is 0.222. The molecule has 0 aliphatic carbocycles. The third-order valence-electron chi connectivity index (χ3n) is 1.84. The lowest BCUT2D eigenvalue weighted by molar-refractivity contribution is -0.386. The zero-order chi connectivity index (χ0) is 10.7. The number of nitrogens with zero attached hydrogens (tertiary/aromatic N) is 2. The van der Waals surface area contributed by atoms with Gasteiger partial charge in [-0.1, -0.05) is 15.9 Å². The van der Waals surface area contributed by atoms with Gasteiger partial charge in [0.1, 0.15) is 0 Å². The van der Waals surface area contributed by atoms with Crippen molar-refractivity contribution in [1.82, 2.24) is 0 Å². The number of rotatable bonds is 2. The minimum Gasteiger partial charge on any atom is -0.258 e. The average molecular weight is 255 g/mol. The summed E-state index contributed by atoms with van der Waals surface area (Å²) in [6, 6.07) is 5.01. The van der Waals surface area contributed by atoms with Crippen LogP contribution in [-0.4, -0.2) is 4.92 Å². The van der Waals surface area contributed by atoms with Crippen molar-refractivity contribution in [3.63, 3.8) is 0 Å².